The molecule has 1 heterocycles. The molecule has 1 atom stereocenters. The second-order valence-electron chi connectivity index (χ2n) is 6.53. The molecule has 1 amide bonds. The summed E-state index contributed by atoms with van der Waals surface area (Å²) in [6, 6.07) is 4.81. The van der Waals surface area contributed by atoms with Gasteiger partial charge in [-0.05, 0) is 49.1 Å². The van der Waals surface area contributed by atoms with Gasteiger partial charge in [-0.15, -0.1) is 0 Å². The van der Waals surface area contributed by atoms with E-state index >= 15 is 0 Å². The normalized spacial score (nSPS) is 16.4. The van der Waals surface area contributed by atoms with E-state index in [0.29, 0.717) is 29.3 Å². The molecule has 0 saturated carbocycles. The molecule has 3 aromatic rings. The van der Waals surface area contributed by atoms with Crippen molar-refractivity contribution < 1.29 is 18.0 Å². The minimum atomic E-state index is -1.66. The third-order valence-corrected chi connectivity index (χ3v) is 5.33. The van der Waals surface area contributed by atoms with Crippen molar-refractivity contribution in [3.8, 4) is 0 Å². The molecule has 1 aliphatic carbocycles. The summed E-state index contributed by atoms with van der Waals surface area (Å²) < 4.78 is 40.3. The average molecular weight is 413 g/mol. The zero-order valence-corrected chi connectivity index (χ0v) is 15.3. The van der Waals surface area contributed by atoms with Crippen molar-refractivity contribution in [3.63, 3.8) is 0 Å². The van der Waals surface area contributed by atoms with Gasteiger partial charge in [0.05, 0.1) is 10.6 Å². The lowest BCUT2D eigenvalue weighted by Gasteiger charge is -2.24. The molecule has 2 N–H and O–H groups in total. The summed E-state index contributed by atoms with van der Waals surface area (Å²) in [4.78, 5) is 15.6. The van der Waals surface area contributed by atoms with Gasteiger partial charge < -0.3 is 10.3 Å². The molecule has 3 nitrogen and oxygen atoms in total. The van der Waals surface area contributed by atoms with Gasteiger partial charge >= 0.3 is 0 Å². The molecule has 8 heteroatoms. The first-order chi connectivity index (χ1) is 12.8. The van der Waals surface area contributed by atoms with Gasteiger partial charge in [0, 0.05) is 27.7 Å². The molecule has 27 heavy (non-hydrogen) atoms. The Morgan fingerprint density at radius 1 is 1.15 bits per heavy atom. The maximum absolute atomic E-state index is 13.8. The van der Waals surface area contributed by atoms with E-state index in [1.807, 2.05) is 0 Å². The Morgan fingerprint density at radius 2 is 1.93 bits per heavy atom. The Hall–Kier alpha value is -2.18. The lowest BCUT2D eigenvalue weighted by molar-refractivity contribution is 0.0928. The fraction of sp³-hybridized carbons (Fsp3) is 0.211. The number of carbonyl (C=O) groups excluding carboxylic acids is 1. The minimum Gasteiger partial charge on any atom is -0.358 e. The van der Waals surface area contributed by atoms with Crippen LogP contribution in [-0.4, -0.2) is 16.9 Å². The van der Waals surface area contributed by atoms with Crippen LogP contribution >= 0.6 is 23.2 Å². The van der Waals surface area contributed by atoms with Crippen LogP contribution in [0.4, 0.5) is 13.2 Å². The molecule has 1 aromatic heterocycles. The number of aromatic amines is 1. The number of aryl methyl sites for hydroxylation is 1. The van der Waals surface area contributed by atoms with Crippen LogP contribution in [-0.2, 0) is 12.8 Å². The van der Waals surface area contributed by atoms with Gasteiger partial charge in [0.2, 0.25) is 0 Å². The zero-order valence-electron chi connectivity index (χ0n) is 13.8. The van der Waals surface area contributed by atoms with E-state index in [1.54, 1.807) is 12.1 Å². The fourth-order valence-electron chi connectivity index (χ4n) is 3.56. The number of amides is 1. The SMILES string of the molecule is O=C(N[C@@H]1CCc2[nH]c3cc(Cl)cc(Cl)c3c2C1)c1ccc(F)c(F)c1F. The topological polar surface area (TPSA) is 44.9 Å². The molecular formula is C19H13Cl2F3N2O. The van der Waals surface area contributed by atoms with E-state index in [0.717, 1.165) is 34.3 Å². The first-order valence-corrected chi connectivity index (χ1v) is 9.03. The third kappa shape index (κ3) is 3.17. The van der Waals surface area contributed by atoms with Crippen LogP contribution in [0.25, 0.3) is 10.9 Å². The van der Waals surface area contributed by atoms with E-state index < -0.39 is 28.9 Å². The molecular weight excluding hydrogens is 400 g/mol. The summed E-state index contributed by atoms with van der Waals surface area (Å²) in [5.41, 5.74) is 2.27. The highest BCUT2D eigenvalue weighted by Gasteiger charge is 2.27. The van der Waals surface area contributed by atoms with Crippen LogP contribution in [0.2, 0.25) is 10.0 Å². The smallest absolute Gasteiger partial charge is 0.254 e. The van der Waals surface area contributed by atoms with Gasteiger partial charge in [0.15, 0.2) is 17.5 Å². The first-order valence-electron chi connectivity index (χ1n) is 8.28. The number of hydrogen-bond acceptors (Lipinski definition) is 1. The van der Waals surface area contributed by atoms with Crippen LogP contribution in [0, 0.1) is 17.5 Å². The van der Waals surface area contributed by atoms with Crippen LogP contribution < -0.4 is 5.32 Å². The Balaban J connectivity index is 1.60. The molecule has 2 aromatic carbocycles. The van der Waals surface area contributed by atoms with E-state index in [2.05, 4.69) is 10.3 Å². The van der Waals surface area contributed by atoms with Crippen molar-refractivity contribution in [2.45, 2.75) is 25.3 Å². The van der Waals surface area contributed by atoms with Crippen molar-refractivity contribution in [2.75, 3.05) is 0 Å². The summed E-state index contributed by atoms with van der Waals surface area (Å²) in [5.74, 6) is -5.27. The number of carbonyl (C=O) groups is 1. The third-order valence-electron chi connectivity index (χ3n) is 4.81. The molecule has 0 aliphatic heterocycles. The summed E-state index contributed by atoms with van der Waals surface area (Å²) in [6.07, 6.45) is 1.75. The van der Waals surface area contributed by atoms with Gasteiger partial charge in [0.1, 0.15) is 0 Å². The van der Waals surface area contributed by atoms with E-state index in [4.69, 9.17) is 23.2 Å². The molecule has 0 saturated heterocycles. The Labute approximate surface area is 162 Å². The highest BCUT2D eigenvalue weighted by Crippen LogP contribution is 2.36. The Kier molecular flexibility index (Phi) is 4.56. The number of aromatic nitrogens is 1. The first kappa shape index (κ1) is 18.2. The van der Waals surface area contributed by atoms with Crippen LogP contribution in [0.1, 0.15) is 28.0 Å². The van der Waals surface area contributed by atoms with Crippen molar-refractivity contribution in [2.24, 2.45) is 0 Å². The number of benzene rings is 2. The molecule has 0 bridgehead atoms. The summed E-state index contributed by atoms with van der Waals surface area (Å²) in [5, 5.41) is 4.57. The van der Waals surface area contributed by atoms with Crippen molar-refractivity contribution in [3.05, 3.63) is 68.6 Å². The quantitative estimate of drug-likeness (QED) is 0.559. The van der Waals surface area contributed by atoms with Crippen LogP contribution in [0.5, 0.6) is 0 Å². The number of halogens is 5. The Morgan fingerprint density at radius 3 is 2.70 bits per heavy atom. The van der Waals surface area contributed by atoms with Gasteiger partial charge in [-0.25, -0.2) is 13.2 Å². The van der Waals surface area contributed by atoms with Crippen LogP contribution in [0.15, 0.2) is 24.3 Å². The average Bonchev–Trinajstić information content (AvgIpc) is 2.97. The predicted octanol–water partition coefficient (Wildman–Crippen LogP) is 5.18. The number of fused-ring (bicyclic) bond motifs is 3. The minimum absolute atomic E-state index is 0.289. The number of H-pyrrole nitrogens is 1. The number of rotatable bonds is 2. The molecule has 0 radical (unpaired) electrons. The lowest BCUT2D eigenvalue weighted by atomic mass is 9.91. The second kappa shape index (κ2) is 6.77. The van der Waals surface area contributed by atoms with Crippen molar-refractivity contribution in [1.29, 1.82) is 0 Å². The molecule has 0 fully saturated rings. The highest BCUT2D eigenvalue weighted by molar-refractivity contribution is 6.38. The molecule has 0 unspecified atom stereocenters. The maximum atomic E-state index is 13.8. The number of hydrogen-bond donors (Lipinski definition) is 2. The van der Waals surface area contributed by atoms with Crippen LogP contribution in [0.3, 0.4) is 0 Å². The van der Waals surface area contributed by atoms with Crippen molar-refractivity contribution in [1.82, 2.24) is 10.3 Å². The monoisotopic (exact) mass is 412 g/mol. The molecule has 140 valence electrons. The molecule has 1 aliphatic rings. The zero-order chi connectivity index (χ0) is 19.3. The van der Waals surface area contributed by atoms with E-state index in [9.17, 15) is 18.0 Å². The Bertz CT molecular complexity index is 1080. The second-order valence-corrected chi connectivity index (χ2v) is 7.37. The predicted molar refractivity (Wildman–Crippen MR) is 97.9 cm³/mol. The summed E-state index contributed by atoms with van der Waals surface area (Å²) >= 11 is 12.4. The lowest BCUT2D eigenvalue weighted by Crippen LogP contribution is -2.39. The maximum Gasteiger partial charge on any atom is 0.254 e. The largest absolute Gasteiger partial charge is 0.358 e. The summed E-state index contributed by atoms with van der Waals surface area (Å²) in [6.45, 7) is 0. The van der Waals surface area contributed by atoms with Crippen molar-refractivity contribution >= 4 is 40.0 Å². The van der Waals surface area contributed by atoms with Gasteiger partial charge in [-0.1, -0.05) is 23.2 Å². The van der Waals surface area contributed by atoms with E-state index in [1.165, 1.54) is 0 Å². The van der Waals surface area contributed by atoms with E-state index in [-0.39, 0.29) is 6.04 Å². The molecule has 4 rings (SSSR count). The number of nitrogens with one attached hydrogen (secondary N) is 2. The van der Waals surface area contributed by atoms with Gasteiger partial charge in [-0.2, -0.15) is 0 Å². The summed E-state index contributed by atoms with van der Waals surface area (Å²) in [7, 11) is 0. The van der Waals surface area contributed by atoms with Gasteiger partial charge in [-0.3, -0.25) is 4.79 Å². The van der Waals surface area contributed by atoms with Gasteiger partial charge in [0.25, 0.3) is 5.91 Å². The standard InChI is InChI=1S/C19H13Cl2F3N2O/c20-8-5-12(21)16-11-7-9(1-4-14(11)26-15(16)6-8)25-19(27)10-2-3-13(22)18(24)17(10)23/h2-3,5-6,9,26H,1,4,7H2,(H,25,27)/t9-/m1/s1. The molecule has 0 spiro atoms. The highest BCUT2D eigenvalue weighted by atomic mass is 35.5. The fourth-order valence-corrected chi connectivity index (χ4v) is 4.17.